The number of nitrogens with zero attached hydrogens (tertiary/aromatic N) is 2. The van der Waals surface area contributed by atoms with Crippen LogP contribution in [-0.2, 0) is 6.42 Å². The zero-order chi connectivity index (χ0) is 10.7. The van der Waals surface area contributed by atoms with Gasteiger partial charge >= 0.3 is 0 Å². The first-order valence-corrected chi connectivity index (χ1v) is 7.83. The van der Waals surface area contributed by atoms with E-state index in [-0.39, 0.29) is 0 Å². The molecular weight excluding hydrogens is 244 g/mol. The van der Waals surface area contributed by atoms with Crippen molar-refractivity contribution in [3.05, 3.63) is 16.1 Å². The van der Waals surface area contributed by atoms with Crippen molar-refractivity contribution in [2.24, 2.45) is 0 Å². The van der Waals surface area contributed by atoms with Gasteiger partial charge in [-0.25, -0.2) is 4.98 Å². The van der Waals surface area contributed by atoms with Gasteiger partial charge in [-0.1, -0.05) is 6.92 Å². The quantitative estimate of drug-likeness (QED) is 0.814. The van der Waals surface area contributed by atoms with E-state index in [4.69, 9.17) is 5.26 Å². The van der Waals surface area contributed by atoms with Gasteiger partial charge in [-0.2, -0.15) is 17.0 Å². The van der Waals surface area contributed by atoms with E-state index in [0.29, 0.717) is 16.9 Å². The molecule has 2 unspecified atom stereocenters. The van der Waals surface area contributed by atoms with Gasteiger partial charge in [0.15, 0.2) is 0 Å². The highest BCUT2D eigenvalue weighted by molar-refractivity contribution is 8.06. The van der Waals surface area contributed by atoms with Gasteiger partial charge in [0.25, 0.3) is 0 Å². The number of aromatic nitrogens is 1. The summed E-state index contributed by atoms with van der Waals surface area (Å²) in [6.45, 7) is 2.27. The van der Waals surface area contributed by atoms with Gasteiger partial charge in [0, 0.05) is 22.1 Å². The number of thioether (sulfide) groups is 2. The maximum Gasteiger partial charge on any atom is 0.107 e. The molecule has 1 aliphatic rings. The van der Waals surface area contributed by atoms with E-state index in [1.165, 1.54) is 16.5 Å². The second-order valence-electron chi connectivity index (χ2n) is 3.38. The minimum atomic E-state index is 0.440. The van der Waals surface area contributed by atoms with E-state index in [1.807, 2.05) is 28.9 Å². The number of hydrogen-bond acceptors (Lipinski definition) is 5. The summed E-state index contributed by atoms with van der Waals surface area (Å²) in [5.74, 6) is 2.46. The first-order valence-electron chi connectivity index (χ1n) is 4.85. The van der Waals surface area contributed by atoms with Crippen LogP contribution in [-0.4, -0.2) is 21.7 Å². The van der Waals surface area contributed by atoms with Crippen LogP contribution in [0.5, 0.6) is 0 Å². The summed E-state index contributed by atoms with van der Waals surface area (Å²) in [5.41, 5.74) is 0.931. The molecular formula is C10H12N2S3. The largest absolute Gasteiger partial charge is 0.244 e. The van der Waals surface area contributed by atoms with Crippen LogP contribution in [0.2, 0.25) is 0 Å². The van der Waals surface area contributed by atoms with Crippen molar-refractivity contribution in [3.8, 4) is 6.07 Å². The third-order valence-corrected chi connectivity index (χ3v) is 6.49. The predicted molar refractivity (Wildman–Crippen MR) is 68.6 cm³/mol. The molecule has 0 saturated carbocycles. The van der Waals surface area contributed by atoms with Gasteiger partial charge in [0.2, 0.25) is 0 Å². The van der Waals surface area contributed by atoms with Crippen LogP contribution in [0.25, 0.3) is 0 Å². The molecule has 2 atom stereocenters. The van der Waals surface area contributed by atoms with Gasteiger partial charge in [-0.05, 0) is 0 Å². The molecule has 0 aliphatic carbocycles. The van der Waals surface area contributed by atoms with E-state index in [2.05, 4.69) is 18.0 Å². The molecule has 0 spiro atoms. The normalized spacial score (nSPS) is 26.1. The van der Waals surface area contributed by atoms with Crippen LogP contribution in [0.15, 0.2) is 5.38 Å². The fraction of sp³-hybridized carbons (Fsp3) is 0.600. The van der Waals surface area contributed by atoms with Gasteiger partial charge in [0.05, 0.1) is 23.4 Å². The van der Waals surface area contributed by atoms with Crippen molar-refractivity contribution in [1.29, 1.82) is 5.26 Å². The van der Waals surface area contributed by atoms with Gasteiger partial charge in [-0.15, -0.1) is 23.1 Å². The average molecular weight is 256 g/mol. The van der Waals surface area contributed by atoms with Crippen molar-refractivity contribution in [2.75, 3.05) is 11.5 Å². The molecule has 1 aromatic rings. The second kappa shape index (κ2) is 5.24. The zero-order valence-electron chi connectivity index (χ0n) is 8.47. The second-order valence-corrected chi connectivity index (χ2v) is 7.00. The van der Waals surface area contributed by atoms with Crippen LogP contribution in [0.1, 0.15) is 22.9 Å². The lowest BCUT2D eigenvalue weighted by molar-refractivity contribution is 0.887. The highest BCUT2D eigenvalue weighted by Crippen LogP contribution is 2.43. The average Bonchev–Trinajstić information content (AvgIpc) is 2.68. The summed E-state index contributed by atoms with van der Waals surface area (Å²) in [4.78, 5) is 4.54. The lowest BCUT2D eigenvalue weighted by Gasteiger charge is -2.25. The van der Waals surface area contributed by atoms with E-state index < -0.39 is 0 Å². The number of hydrogen-bond donors (Lipinski definition) is 0. The molecule has 0 aromatic carbocycles. The van der Waals surface area contributed by atoms with Crippen molar-refractivity contribution >= 4 is 34.9 Å². The third-order valence-electron chi connectivity index (χ3n) is 2.26. The summed E-state index contributed by atoms with van der Waals surface area (Å²) in [6, 6.07) is 2.14. The molecule has 2 rings (SSSR count). The van der Waals surface area contributed by atoms with Gasteiger partial charge < -0.3 is 0 Å². The monoisotopic (exact) mass is 256 g/mol. The highest BCUT2D eigenvalue weighted by atomic mass is 32.2. The molecule has 0 amide bonds. The zero-order valence-corrected chi connectivity index (χ0v) is 10.9. The third kappa shape index (κ3) is 2.68. The predicted octanol–water partition coefficient (Wildman–Crippen LogP) is 3.12. The molecule has 1 aliphatic heterocycles. The van der Waals surface area contributed by atoms with E-state index in [9.17, 15) is 0 Å². The molecule has 0 bridgehead atoms. The van der Waals surface area contributed by atoms with Crippen molar-refractivity contribution in [3.63, 3.8) is 0 Å². The summed E-state index contributed by atoms with van der Waals surface area (Å²) in [7, 11) is 0. The van der Waals surface area contributed by atoms with E-state index >= 15 is 0 Å². The minimum absolute atomic E-state index is 0.440. The lowest BCUT2D eigenvalue weighted by Crippen LogP contribution is -2.15. The number of thiazole rings is 1. The minimum Gasteiger partial charge on any atom is -0.244 e. The summed E-state index contributed by atoms with van der Waals surface area (Å²) >= 11 is 5.73. The Morgan fingerprint density at radius 1 is 1.53 bits per heavy atom. The summed E-state index contributed by atoms with van der Waals surface area (Å²) in [6.07, 6.45) is 0.440. The molecule has 2 nitrogen and oxygen atoms in total. The molecule has 80 valence electrons. The van der Waals surface area contributed by atoms with Crippen LogP contribution in [0, 0.1) is 11.3 Å². The maximum absolute atomic E-state index is 8.60. The maximum atomic E-state index is 8.60. The topological polar surface area (TPSA) is 36.7 Å². The van der Waals surface area contributed by atoms with Crippen molar-refractivity contribution in [1.82, 2.24) is 4.98 Å². The molecule has 2 heterocycles. The Hall–Kier alpha value is -0.180. The van der Waals surface area contributed by atoms with E-state index in [0.717, 1.165) is 5.69 Å². The molecule has 1 saturated heterocycles. The Bertz CT molecular complexity index is 369. The molecule has 5 heteroatoms. The standard InChI is InChI=1S/C10H12N2S3/c1-7-9(14-5-4-13-7)10-12-8(2-3-11)6-15-10/h6-7,9H,2,4-5H2,1H3. The van der Waals surface area contributed by atoms with Crippen molar-refractivity contribution in [2.45, 2.75) is 23.8 Å². The Morgan fingerprint density at radius 2 is 2.33 bits per heavy atom. The highest BCUT2D eigenvalue weighted by Gasteiger charge is 2.26. The molecule has 0 radical (unpaired) electrons. The SMILES string of the molecule is CC1SCCSC1c1nc(CC#N)cs1. The molecule has 1 fully saturated rings. The van der Waals surface area contributed by atoms with Crippen LogP contribution in [0.4, 0.5) is 0 Å². The first kappa shape index (κ1) is 11.3. The fourth-order valence-corrected chi connectivity index (χ4v) is 5.51. The van der Waals surface area contributed by atoms with Gasteiger partial charge in [-0.3, -0.25) is 0 Å². The molecule has 15 heavy (non-hydrogen) atoms. The van der Waals surface area contributed by atoms with Crippen LogP contribution < -0.4 is 0 Å². The summed E-state index contributed by atoms with van der Waals surface area (Å²) < 4.78 is 0. The smallest absolute Gasteiger partial charge is 0.107 e. The molecule has 0 N–H and O–H groups in total. The summed E-state index contributed by atoms with van der Waals surface area (Å²) in [5, 5.41) is 13.0. The van der Waals surface area contributed by atoms with Crippen LogP contribution in [0.3, 0.4) is 0 Å². The Labute approximate surface area is 102 Å². The lowest BCUT2D eigenvalue weighted by atomic mass is 10.3. The Morgan fingerprint density at radius 3 is 3.07 bits per heavy atom. The fourth-order valence-electron chi connectivity index (χ4n) is 1.52. The van der Waals surface area contributed by atoms with Crippen LogP contribution >= 0.6 is 34.9 Å². The van der Waals surface area contributed by atoms with E-state index in [1.54, 1.807) is 11.3 Å². The number of nitriles is 1. The first-order chi connectivity index (χ1) is 7.31. The van der Waals surface area contributed by atoms with Crippen molar-refractivity contribution < 1.29 is 0 Å². The Kier molecular flexibility index (Phi) is 3.95. The Balaban J connectivity index is 2.10. The van der Waals surface area contributed by atoms with Gasteiger partial charge in [0.1, 0.15) is 5.01 Å². The molecule has 1 aromatic heterocycles. The number of rotatable bonds is 2.